The molecule has 0 N–H and O–H groups in total. The Kier molecular flexibility index (Phi) is 3.22. The molecule has 0 aromatic rings. The van der Waals surface area contributed by atoms with Crippen molar-refractivity contribution >= 4 is 48.8 Å². The summed E-state index contributed by atoms with van der Waals surface area (Å²) >= 11 is 12.7. The number of hydrogen-bond acceptors (Lipinski definition) is 4. The third-order valence-electron chi connectivity index (χ3n) is 4.77. The SMILES string of the molecule is CC1C2=C(C=C3C4C=CC(CC4)C31)SC(S)=C(S)S2. The van der Waals surface area contributed by atoms with Crippen LogP contribution in [-0.4, -0.2) is 0 Å². The summed E-state index contributed by atoms with van der Waals surface area (Å²) in [4.78, 5) is 2.94. The third-order valence-corrected chi connectivity index (χ3v) is 8.66. The second kappa shape index (κ2) is 4.69. The Balaban J connectivity index is 1.78. The van der Waals surface area contributed by atoms with E-state index in [1.54, 1.807) is 17.3 Å². The molecule has 0 nitrogen and oxygen atoms in total. The molecule has 0 aromatic heterocycles. The van der Waals surface area contributed by atoms with Gasteiger partial charge in [-0.2, -0.15) is 0 Å². The highest BCUT2D eigenvalue weighted by atomic mass is 32.2. The maximum Gasteiger partial charge on any atom is 0.0621 e. The molecule has 0 radical (unpaired) electrons. The van der Waals surface area contributed by atoms with E-state index in [0.717, 1.165) is 20.3 Å². The Hall–Kier alpha value is 0.360. The maximum atomic E-state index is 4.56. The van der Waals surface area contributed by atoms with Crippen molar-refractivity contribution in [2.75, 3.05) is 0 Å². The zero-order valence-electron chi connectivity index (χ0n) is 10.7. The van der Waals surface area contributed by atoms with Crippen molar-refractivity contribution in [2.45, 2.75) is 19.8 Å². The molecule has 5 aliphatic rings. The number of allylic oxidation sites excluding steroid dienone is 5. The molecule has 1 heterocycles. The van der Waals surface area contributed by atoms with Crippen LogP contribution in [0.4, 0.5) is 0 Å². The van der Waals surface area contributed by atoms with E-state index in [1.807, 2.05) is 11.8 Å². The van der Waals surface area contributed by atoms with Crippen LogP contribution in [0, 0.1) is 23.7 Å². The quantitative estimate of drug-likeness (QED) is 0.449. The van der Waals surface area contributed by atoms with Crippen LogP contribution in [0.1, 0.15) is 19.8 Å². The van der Waals surface area contributed by atoms with Gasteiger partial charge < -0.3 is 0 Å². The van der Waals surface area contributed by atoms with Gasteiger partial charge in [0.15, 0.2) is 0 Å². The summed E-state index contributed by atoms with van der Waals surface area (Å²) in [7, 11) is 0. The van der Waals surface area contributed by atoms with E-state index in [9.17, 15) is 0 Å². The van der Waals surface area contributed by atoms with Gasteiger partial charge in [0.1, 0.15) is 0 Å². The molecule has 0 amide bonds. The van der Waals surface area contributed by atoms with Crippen LogP contribution in [0.2, 0.25) is 0 Å². The average molecular weight is 325 g/mol. The van der Waals surface area contributed by atoms with Gasteiger partial charge in [0.05, 0.1) is 8.47 Å². The van der Waals surface area contributed by atoms with Crippen LogP contribution in [-0.2, 0) is 0 Å². The third kappa shape index (κ3) is 1.94. The van der Waals surface area contributed by atoms with E-state index >= 15 is 0 Å². The lowest BCUT2D eigenvalue weighted by atomic mass is 9.60. The Morgan fingerprint density at radius 2 is 1.89 bits per heavy atom. The summed E-state index contributed by atoms with van der Waals surface area (Å²) < 4.78 is 2.11. The van der Waals surface area contributed by atoms with E-state index in [4.69, 9.17) is 0 Å². The average Bonchev–Trinajstić information content (AvgIpc) is 2.42. The van der Waals surface area contributed by atoms with E-state index < -0.39 is 0 Å². The molecule has 0 saturated heterocycles. The van der Waals surface area contributed by atoms with E-state index in [2.05, 4.69) is 50.4 Å². The van der Waals surface area contributed by atoms with Crippen molar-refractivity contribution in [3.63, 3.8) is 0 Å². The number of rotatable bonds is 0. The maximum absolute atomic E-state index is 4.56. The first-order valence-corrected chi connectivity index (χ1v) is 9.30. The Bertz CT molecular complexity index is 567. The van der Waals surface area contributed by atoms with Crippen molar-refractivity contribution in [1.82, 2.24) is 0 Å². The predicted octanol–water partition coefficient (Wildman–Crippen LogP) is 5.45. The zero-order chi connectivity index (χ0) is 13.1. The van der Waals surface area contributed by atoms with Gasteiger partial charge in [0.25, 0.3) is 0 Å². The largest absolute Gasteiger partial charge is 0.135 e. The lowest BCUT2D eigenvalue weighted by Crippen LogP contribution is -2.36. The van der Waals surface area contributed by atoms with Crippen LogP contribution in [0.15, 0.2) is 42.1 Å². The zero-order valence-corrected chi connectivity index (χ0v) is 14.1. The lowest BCUT2D eigenvalue weighted by molar-refractivity contribution is 0.255. The van der Waals surface area contributed by atoms with Crippen LogP contribution in [0.3, 0.4) is 0 Å². The van der Waals surface area contributed by atoms with Gasteiger partial charge in [-0.05, 0) is 42.6 Å². The molecule has 2 bridgehead atoms. The smallest absolute Gasteiger partial charge is 0.0621 e. The minimum Gasteiger partial charge on any atom is -0.135 e. The standard InChI is InChI=1S/C15H16S4/c1-7-12-9-4-2-8(3-5-9)10(12)6-11-13(7)19-15(17)14(16)18-11/h2,4,6-9,12,16-17H,3,5H2,1H3. The predicted molar refractivity (Wildman–Crippen MR) is 93.3 cm³/mol. The summed E-state index contributed by atoms with van der Waals surface area (Å²) in [6, 6.07) is 0. The van der Waals surface area contributed by atoms with Crippen molar-refractivity contribution < 1.29 is 0 Å². The Morgan fingerprint density at radius 3 is 2.63 bits per heavy atom. The fraction of sp³-hybridized carbons (Fsp3) is 0.467. The molecule has 1 fully saturated rings. The molecule has 0 aromatic carbocycles. The fourth-order valence-corrected chi connectivity index (χ4v) is 6.83. The summed E-state index contributed by atoms with van der Waals surface area (Å²) in [6.07, 6.45) is 10.1. The van der Waals surface area contributed by atoms with Crippen LogP contribution in [0.25, 0.3) is 0 Å². The second-order valence-corrected chi connectivity index (χ2v) is 9.34. The monoisotopic (exact) mass is 324 g/mol. The summed E-state index contributed by atoms with van der Waals surface area (Å²) in [5.74, 6) is 2.82. The molecule has 4 aliphatic carbocycles. The number of thiol groups is 2. The summed E-state index contributed by atoms with van der Waals surface area (Å²) in [5, 5.41) is 0. The van der Waals surface area contributed by atoms with E-state index in [1.165, 1.54) is 22.7 Å². The number of fused-ring (bicyclic) bond motifs is 1. The molecular weight excluding hydrogens is 308 g/mol. The first-order chi connectivity index (χ1) is 9.15. The highest BCUT2D eigenvalue weighted by Crippen LogP contribution is 2.59. The molecule has 1 aliphatic heterocycles. The summed E-state index contributed by atoms with van der Waals surface area (Å²) in [5.41, 5.74) is 1.68. The molecule has 1 saturated carbocycles. The Labute approximate surface area is 134 Å². The van der Waals surface area contributed by atoms with Crippen molar-refractivity contribution in [3.8, 4) is 0 Å². The number of hydrogen-bond donors (Lipinski definition) is 2. The highest BCUT2D eigenvalue weighted by Gasteiger charge is 2.43. The van der Waals surface area contributed by atoms with Crippen molar-refractivity contribution in [2.24, 2.45) is 23.7 Å². The van der Waals surface area contributed by atoms with E-state index in [0.29, 0.717) is 11.8 Å². The van der Waals surface area contributed by atoms with Gasteiger partial charge in [0.2, 0.25) is 0 Å². The topological polar surface area (TPSA) is 0 Å². The van der Waals surface area contributed by atoms with Gasteiger partial charge in [-0.1, -0.05) is 48.2 Å². The highest BCUT2D eigenvalue weighted by molar-refractivity contribution is 8.25. The van der Waals surface area contributed by atoms with Gasteiger partial charge >= 0.3 is 0 Å². The molecule has 5 rings (SSSR count). The van der Waals surface area contributed by atoms with Crippen molar-refractivity contribution in [1.29, 1.82) is 0 Å². The van der Waals surface area contributed by atoms with Gasteiger partial charge in [-0.15, -0.1) is 25.3 Å². The first-order valence-electron chi connectivity index (χ1n) is 6.77. The minimum atomic E-state index is 0.633. The molecule has 4 unspecified atom stereocenters. The van der Waals surface area contributed by atoms with Gasteiger partial charge in [0, 0.05) is 9.81 Å². The van der Waals surface area contributed by atoms with Gasteiger partial charge in [-0.3, -0.25) is 0 Å². The molecule has 4 heteroatoms. The molecule has 100 valence electrons. The van der Waals surface area contributed by atoms with Crippen LogP contribution < -0.4 is 0 Å². The first kappa shape index (κ1) is 13.1. The summed E-state index contributed by atoms with van der Waals surface area (Å²) in [6.45, 7) is 2.40. The van der Waals surface area contributed by atoms with Crippen LogP contribution >= 0.6 is 48.8 Å². The normalized spacial score (nSPS) is 40.3. The lowest BCUT2D eigenvalue weighted by Gasteiger charge is -2.47. The second-order valence-electron chi connectivity index (χ2n) is 5.73. The molecule has 19 heavy (non-hydrogen) atoms. The molecule has 4 atom stereocenters. The molecule has 0 spiro atoms. The Morgan fingerprint density at radius 1 is 1.11 bits per heavy atom. The fourth-order valence-electron chi connectivity index (χ4n) is 3.90. The van der Waals surface area contributed by atoms with E-state index in [-0.39, 0.29) is 0 Å². The van der Waals surface area contributed by atoms with Crippen LogP contribution in [0.5, 0.6) is 0 Å². The van der Waals surface area contributed by atoms with Gasteiger partial charge in [-0.25, -0.2) is 0 Å². The molecular formula is C15H16S4. The van der Waals surface area contributed by atoms with Crippen molar-refractivity contribution in [3.05, 3.63) is 42.1 Å². The number of thioether (sulfide) groups is 2. The minimum absolute atomic E-state index is 0.633.